The van der Waals surface area contributed by atoms with Crippen LogP contribution < -0.4 is 5.32 Å². The Morgan fingerprint density at radius 1 is 1.12 bits per heavy atom. The Kier molecular flexibility index (Phi) is 4.70. The van der Waals surface area contributed by atoms with E-state index in [2.05, 4.69) is 41.7 Å². The molecule has 2 aromatic carbocycles. The van der Waals surface area contributed by atoms with Crippen molar-refractivity contribution in [1.82, 2.24) is 10.2 Å². The Labute approximate surface area is 148 Å². The summed E-state index contributed by atoms with van der Waals surface area (Å²) in [6.07, 6.45) is 3.18. The molecule has 0 bridgehead atoms. The molecular weight excluding hydrogens is 312 g/mol. The molecule has 0 aliphatic carbocycles. The molecule has 1 fully saturated rings. The number of fused-ring (bicyclic) bond motifs is 1. The normalized spacial score (nSPS) is 22.5. The van der Waals surface area contributed by atoms with Crippen LogP contribution in [0.2, 0.25) is 0 Å². The zero-order valence-electron chi connectivity index (χ0n) is 14.4. The molecule has 0 unspecified atom stereocenters. The Hall–Kier alpha value is -2.33. The highest BCUT2D eigenvalue weighted by Gasteiger charge is 2.32. The number of nitrogens with one attached hydrogen (secondary N) is 1. The molecule has 0 spiro atoms. The van der Waals surface area contributed by atoms with Gasteiger partial charge in [-0.15, -0.1) is 0 Å². The van der Waals surface area contributed by atoms with E-state index in [1.165, 1.54) is 11.1 Å². The number of carbonyl (C=O) groups is 1. The van der Waals surface area contributed by atoms with Gasteiger partial charge >= 0.3 is 6.03 Å². The quantitative estimate of drug-likeness (QED) is 0.932. The molecule has 2 aliphatic heterocycles. The van der Waals surface area contributed by atoms with Crippen LogP contribution in [-0.2, 0) is 11.2 Å². The van der Waals surface area contributed by atoms with Crippen LogP contribution in [0.25, 0.3) is 0 Å². The topological polar surface area (TPSA) is 41.6 Å². The monoisotopic (exact) mass is 336 g/mol. The summed E-state index contributed by atoms with van der Waals surface area (Å²) in [6, 6.07) is 18.7. The van der Waals surface area contributed by atoms with Gasteiger partial charge in [0.05, 0.1) is 12.1 Å². The van der Waals surface area contributed by atoms with Crippen LogP contribution in [0.15, 0.2) is 54.6 Å². The van der Waals surface area contributed by atoms with E-state index >= 15 is 0 Å². The summed E-state index contributed by atoms with van der Waals surface area (Å²) < 4.78 is 5.63. The van der Waals surface area contributed by atoms with Gasteiger partial charge in [0.2, 0.25) is 0 Å². The molecule has 4 heteroatoms. The van der Waals surface area contributed by atoms with Crippen LogP contribution in [0.5, 0.6) is 0 Å². The van der Waals surface area contributed by atoms with Gasteiger partial charge in [-0.2, -0.15) is 0 Å². The summed E-state index contributed by atoms with van der Waals surface area (Å²) in [5.41, 5.74) is 3.72. The summed E-state index contributed by atoms with van der Waals surface area (Å²) in [5.74, 6) is 0. The second-order valence-corrected chi connectivity index (χ2v) is 6.78. The van der Waals surface area contributed by atoms with E-state index in [9.17, 15) is 4.79 Å². The number of ether oxygens (including phenoxy) is 1. The summed E-state index contributed by atoms with van der Waals surface area (Å²) in [6.45, 7) is 2.14. The maximum Gasteiger partial charge on any atom is 0.318 e. The van der Waals surface area contributed by atoms with Crippen molar-refractivity contribution in [2.45, 2.75) is 31.4 Å². The lowest BCUT2D eigenvalue weighted by Crippen LogP contribution is -2.47. The molecule has 25 heavy (non-hydrogen) atoms. The predicted octanol–water partition coefficient (Wildman–Crippen LogP) is 3.52. The maximum atomic E-state index is 12.9. The van der Waals surface area contributed by atoms with E-state index in [0.717, 1.165) is 38.0 Å². The van der Waals surface area contributed by atoms with Gasteiger partial charge in [-0.05, 0) is 36.0 Å². The minimum Gasteiger partial charge on any atom is -0.376 e. The highest BCUT2D eigenvalue weighted by atomic mass is 16.5. The van der Waals surface area contributed by atoms with E-state index in [1.807, 2.05) is 23.1 Å². The molecule has 4 nitrogen and oxygen atoms in total. The van der Waals surface area contributed by atoms with Gasteiger partial charge in [-0.25, -0.2) is 4.79 Å². The lowest BCUT2D eigenvalue weighted by atomic mass is 9.88. The Morgan fingerprint density at radius 2 is 1.92 bits per heavy atom. The van der Waals surface area contributed by atoms with E-state index in [4.69, 9.17) is 4.74 Å². The highest BCUT2D eigenvalue weighted by molar-refractivity contribution is 5.76. The molecule has 2 aromatic rings. The third kappa shape index (κ3) is 3.40. The van der Waals surface area contributed by atoms with Crippen molar-refractivity contribution in [3.8, 4) is 0 Å². The number of rotatable bonds is 3. The van der Waals surface area contributed by atoms with Gasteiger partial charge < -0.3 is 15.0 Å². The Morgan fingerprint density at radius 3 is 2.72 bits per heavy atom. The van der Waals surface area contributed by atoms with Gasteiger partial charge in [0.1, 0.15) is 0 Å². The maximum absolute atomic E-state index is 12.9. The SMILES string of the molecule is O=C(NC[C@H]1CCCO1)N1CCc2ccccc2[C@@H]1c1ccccc1. The third-order valence-corrected chi connectivity index (χ3v) is 5.16. The number of benzene rings is 2. The second-order valence-electron chi connectivity index (χ2n) is 6.78. The van der Waals surface area contributed by atoms with Crippen molar-refractivity contribution >= 4 is 6.03 Å². The van der Waals surface area contributed by atoms with Crippen molar-refractivity contribution in [2.24, 2.45) is 0 Å². The molecule has 0 saturated carbocycles. The van der Waals surface area contributed by atoms with Crippen LogP contribution in [0.3, 0.4) is 0 Å². The Balaban J connectivity index is 1.58. The molecule has 130 valence electrons. The van der Waals surface area contributed by atoms with Crippen molar-refractivity contribution in [2.75, 3.05) is 19.7 Å². The number of amides is 2. The minimum atomic E-state index is -0.0318. The molecule has 2 heterocycles. The number of hydrogen-bond donors (Lipinski definition) is 1. The molecule has 2 atom stereocenters. The predicted molar refractivity (Wildman–Crippen MR) is 97.5 cm³/mol. The van der Waals surface area contributed by atoms with Gasteiger partial charge in [-0.3, -0.25) is 0 Å². The van der Waals surface area contributed by atoms with Gasteiger partial charge in [0.25, 0.3) is 0 Å². The summed E-state index contributed by atoms with van der Waals surface area (Å²) in [7, 11) is 0. The molecule has 0 aromatic heterocycles. The van der Waals surface area contributed by atoms with Gasteiger partial charge in [0, 0.05) is 19.7 Å². The standard InChI is InChI=1S/C21H24N2O2/c24-21(22-15-18-10-6-14-25-18)23-13-12-16-7-4-5-11-19(16)20(23)17-8-2-1-3-9-17/h1-5,7-9,11,18,20H,6,10,12-15H2,(H,22,24)/t18-,20+/m1/s1. The zero-order chi connectivity index (χ0) is 17.1. The average Bonchev–Trinajstić information content (AvgIpc) is 3.19. The lowest BCUT2D eigenvalue weighted by Gasteiger charge is -2.38. The van der Waals surface area contributed by atoms with E-state index in [-0.39, 0.29) is 18.2 Å². The molecular formula is C21H24N2O2. The van der Waals surface area contributed by atoms with Crippen molar-refractivity contribution < 1.29 is 9.53 Å². The minimum absolute atomic E-state index is 0.00106. The van der Waals surface area contributed by atoms with Crippen LogP contribution in [0.1, 0.15) is 35.6 Å². The van der Waals surface area contributed by atoms with Crippen LogP contribution in [-0.4, -0.2) is 36.7 Å². The van der Waals surface area contributed by atoms with Crippen molar-refractivity contribution in [3.63, 3.8) is 0 Å². The molecule has 1 N–H and O–H groups in total. The highest BCUT2D eigenvalue weighted by Crippen LogP contribution is 2.34. The first-order valence-electron chi connectivity index (χ1n) is 9.12. The first-order valence-corrected chi connectivity index (χ1v) is 9.12. The fourth-order valence-corrected chi connectivity index (χ4v) is 3.89. The lowest BCUT2D eigenvalue weighted by molar-refractivity contribution is 0.107. The largest absolute Gasteiger partial charge is 0.376 e. The van der Waals surface area contributed by atoms with E-state index in [1.54, 1.807) is 0 Å². The summed E-state index contributed by atoms with van der Waals surface area (Å²) in [5, 5.41) is 3.09. The first kappa shape index (κ1) is 16.2. The first-order chi connectivity index (χ1) is 12.3. The molecule has 2 amide bonds. The molecule has 2 aliphatic rings. The zero-order valence-corrected chi connectivity index (χ0v) is 14.4. The van der Waals surface area contributed by atoms with Crippen LogP contribution >= 0.6 is 0 Å². The van der Waals surface area contributed by atoms with Gasteiger partial charge in [-0.1, -0.05) is 54.6 Å². The summed E-state index contributed by atoms with van der Waals surface area (Å²) >= 11 is 0. The van der Waals surface area contributed by atoms with Gasteiger partial charge in [0.15, 0.2) is 0 Å². The smallest absolute Gasteiger partial charge is 0.318 e. The Bertz CT molecular complexity index is 726. The van der Waals surface area contributed by atoms with Crippen LogP contribution in [0.4, 0.5) is 4.79 Å². The summed E-state index contributed by atoms with van der Waals surface area (Å²) in [4.78, 5) is 14.9. The molecule has 4 rings (SSSR count). The van der Waals surface area contributed by atoms with E-state index < -0.39 is 0 Å². The van der Waals surface area contributed by atoms with E-state index in [0.29, 0.717) is 6.54 Å². The van der Waals surface area contributed by atoms with Crippen LogP contribution in [0, 0.1) is 0 Å². The number of nitrogens with zero attached hydrogens (tertiary/aromatic N) is 1. The average molecular weight is 336 g/mol. The van der Waals surface area contributed by atoms with Crippen molar-refractivity contribution in [1.29, 1.82) is 0 Å². The fourth-order valence-electron chi connectivity index (χ4n) is 3.89. The molecule has 0 radical (unpaired) electrons. The fraction of sp³-hybridized carbons (Fsp3) is 0.381. The molecule has 1 saturated heterocycles. The third-order valence-electron chi connectivity index (χ3n) is 5.16. The number of carbonyl (C=O) groups excluding carboxylic acids is 1. The second kappa shape index (κ2) is 7.28. The number of hydrogen-bond acceptors (Lipinski definition) is 2. The van der Waals surface area contributed by atoms with Crippen molar-refractivity contribution in [3.05, 3.63) is 71.3 Å². The number of urea groups is 1.